The summed E-state index contributed by atoms with van der Waals surface area (Å²) in [7, 11) is 0. The first-order valence-electron chi connectivity index (χ1n) is 8.79. The second-order valence-corrected chi connectivity index (χ2v) is 6.69. The molecule has 140 valence electrons. The average molecular weight is 375 g/mol. The summed E-state index contributed by atoms with van der Waals surface area (Å²) >= 11 is 0. The highest BCUT2D eigenvalue weighted by Crippen LogP contribution is 2.24. The first kappa shape index (κ1) is 17.8. The predicted molar refractivity (Wildman–Crippen MR) is 105 cm³/mol. The Morgan fingerprint density at radius 3 is 2.54 bits per heavy atom. The van der Waals surface area contributed by atoms with Crippen molar-refractivity contribution >= 4 is 28.0 Å². The van der Waals surface area contributed by atoms with Gasteiger partial charge in [-0.1, -0.05) is 18.2 Å². The number of fused-ring (bicyclic) bond motifs is 3. The van der Waals surface area contributed by atoms with Crippen molar-refractivity contribution in [2.45, 2.75) is 20.3 Å². The number of Topliss-reactive ketones (excluding diaryl/α,β-unsaturated/α-hetero) is 1. The minimum Gasteiger partial charge on any atom is -0.402 e. The number of hydrogen-bond acceptors (Lipinski definition) is 5. The van der Waals surface area contributed by atoms with Crippen molar-refractivity contribution in [2.75, 3.05) is 0 Å². The van der Waals surface area contributed by atoms with E-state index in [9.17, 15) is 9.18 Å². The molecular weight excluding hydrogens is 357 g/mol. The topological polar surface area (TPSA) is 86.2 Å². The molecule has 0 bridgehead atoms. The molecule has 0 amide bonds. The number of benzene rings is 2. The number of carbonyl (C=O) groups excluding carboxylic acids is 1. The Morgan fingerprint density at radius 1 is 1.11 bits per heavy atom. The highest BCUT2D eigenvalue weighted by Gasteiger charge is 2.14. The van der Waals surface area contributed by atoms with Crippen LogP contribution in [0.15, 0.2) is 54.4 Å². The van der Waals surface area contributed by atoms with Crippen LogP contribution < -0.4 is 5.73 Å². The van der Waals surface area contributed by atoms with Crippen molar-refractivity contribution in [3.05, 3.63) is 77.1 Å². The summed E-state index contributed by atoms with van der Waals surface area (Å²) in [5, 5.41) is 8.46. The summed E-state index contributed by atoms with van der Waals surface area (Å²) in [5.41, 5.74) is 10.6. The largest absolute Gasteiger partial charge is 0.402 e. The van der Waals surface area contributed by atoms with Gasteiger partial charge < -0.3 is 5.73 Å². The molecule has 2 aromatic heterocycles. The van der Waals surface area contributed by atoms with Crippen LogP contribution in [0.4, 0.5) is 4.39 Å². The van der Waals surface area contributed by atoms with Crippen LogP contribution in [0.25, 0.3) is 22.3 Å². The molecule has 0 unspecified atom stereocenters. The van der Waals surface area contributed by atoms with Crippen molar-refractivity contribution in [3.8, 4) is 0 Å². The molecule has 0 saturated heterocycles. The van der Waals surface area contributed by atoms with Gasteiger partial charge in [-0.05, 0) is 49.2 Å². The second-order valence-electron chi connectivity index (χ2n) is 6.69. The van der Waals surface area contributed by atoms with Crippen LogP contribution in [0, 0.1) is 5.82 Å². The number of carbonyl (C=O) groups is 1. The van der Waals surface area contributed by atoms with E-state index in [1.807, 2.05) is 22.6 Å². The van der Waals surface area contributed by atoms with Gasteiger partial charge in [-0.2, -0.15) is 0 Å². The van der Waals surface area contributed by atoms with Crippen LogP contribution >= 0.6 is 0 Å². The van der Waals surface area contributed by atoms with Gasteiger partial charge in [-0.3, -0.25) is 14.2 Å². The molecule has 6 nitrogen and oxygen atoms in total. The summed E-state index contributed by atoms with van der Waals surface area (Å²) in [4.78, 5) is 16.4. The lowest BCUT2D eigenvalue weighted by molar-refractivity contribution is -0.111. The molecule has 0 aliphatic heterocycles. The molecule has 2 heterocycles. The monoisotopic (exact) mass is 375 g/mol. The third-order valence-electron chi connectivity index (χ3n) is 4.60. The van der Waals surface area contributed by atoms with Gasteiger partial charge in [0.15, 0.2) is 11.4 Å². The Labute approximate surface area is 160 Å². The van der Waals surface area contributed by atoms with Crippen molar-refractivity contribution in [3.63, 3.8) is 0 Å². The Kier molecular flexibility index (Phi) is 4.35. The Bertz CT molecular complexity index is 1240. The van der Waals surface area contributed by atoms with Crippen LogP contribution in [0.5, 0.6) is 0 Å². The quantitative estimate of drug-likeness (QED) is 0.553. The molecule has 0 aliphatic carbocycles. The average Bonchev–Trinajstić information content (AvgIpc) is 3.06. The van der Waals surface area contributed by atoms with E-state index in [0.29, 0.717) is 28.9 Å². The molecule has 0 spiro atoms. The van der Waals surface area contributed by atoms with E-state index in [0.717, 1.165) is 22.5 Å². The molecular formula is C21H18FN5O. The zero-order chi connectivity index (χ0) is 19.8. The van der Waals surface area contributed by atoms with Crippen LogP contribution in [-0.2, 0) is 11.2 Å². The molecule has 0 fully saturated rings. The van der Waals surface area contributed by atoms with Gasteiger partial charge >= 0.3 is 0 Å². The fourth-order valence-corrected chi connectivity index (χ4v) is 3.38. The Balaban J connectivity index is 1.85. The molecule has 0 radical (unpaired) electrons. The Morgan fingerprint density at radius 2 is 1.86 bits per heavy atom. The Hall–Kier alpha value is -3.61. The maximum absolute atomic E-state index is 13.2. The van der Waals surface area contributed by atoms with Crippen molar-refractivity contribution in [1.82, 2.24) is 19.6 Å². The van der Waals surface area contributed by atoms with Crippen LogP contribution in [0.2, 0.25) is 0 Å². The fourth-order valence-electron chi connectivity index (χ4n) is 3.38. The molecule has 2 aromatic carbocycles. The third kappa shape index (κ3) is 3.11. The SMILES string of the molecule is CC(=O)C(=C(C)N)c1ccc2c(c1)ncc1nnc(Cc3ccc(F)cc3)n12. The number of nitrogens with zero attached hydrogens (tertiary/aromatic N) is 4. The van der Waals surface area contributed by atoms with Gasteiger partial charge in [-0.15, -0.1) is 10.2 Å². The summed E-state index contributed by atoms with van der Waals surface area (Å²) < 4.78 is 15.1. The van der Waals surface area contributed by atoms with Gasteiger partial charge in [0.2, 0.25) is 0 Å². The third-order valence-corrected chi connectivity index (χ3v) is 4.60. The van der Waals surface area contributed by atoms with E-state index in [1.165, 1.54) is 19.1 Å². The fraction of sp³-hybridized carbons (Fsp3) is 0.143. The number of hydrogen-bond donors (Lipinski definition) is 1. The number of aromatic nitrogens is 4. The molecule has 0 aliphatic rings. The summed E-state index contributed by atoms with van der Waals surface area (Å²) in [6.45, 7) is 3.20. The minimum absolute atomic E-state index is 0.0956. The zero-order valence-corrected chi connectivity index (χ0v) is 15.5. The van der Waals surface area contributed by atoms with Crippen LogP contribution in [-0.4, -0.2) is 25.4 Å². The zero-order valence-electron chi connectivity index (χ0n) is 15.5. The lowest BCUT2D eigenvalue weighted by Gasteiger charge is -2.09. The number of halogens is 1. The number of nitrogens with two attached hydrogens (primary N) is 1. The van der Waals surface area contributed by atoms with Crippen molar-refractivity contribution in [2.24, 2.45) is 5.73 Å². The van der Waals surface area contributed by atoms with Crippen LogP contribution in [0.1, 0.15) is 30.8 Å². The number of ketones is 1. The van der Waals surface area contributed by atoms with Gasteiger partial charge in [-0.25, -0.2) is 4.39 Å². The van der Waals surface area contributed by atoms with E-state index < -0.39 is 0 Å². The smallest absolute Gasteiger partial charge is 0.179 e. The van der Waals surface area contributed by atoms with E-state index in [2.05, 4.69) is 15.2 Å². The lowest BCUT2D eigenvalue weighted by atomic mass is 10.00. The van der Waals surface area contributed by atoms with Crippen molar-refractivity contribution < 1.29 is 9.18 Å². The maximum Gasteiger partial charge on any atom is 0.179 e. The minimum atomic E-state index is -0.276. The lowest BCUT2D eigenvalue weighted by Crippen LogP contribution is -2.06. The van der Waals surface area contributed by atoms with Gasteiger partial charge in [0, 0.05) is 17.7 Å². The van der Waals surface area contributed by atoms with Gasteiger partial charge in [0.1, 0.15) is 11.6 Å². The van der Waals surface area contributed by atoms with E-state index in [-0.39, 0.29) is 11.6 Å². The molecule has 2 N–H and O–H groups in total. The molecule has 7 heteroatoms. The number of rotatable bonds is 4. The van der Waals surface area contributed by atoms with Crippen molar-refractivity contribution in [1.29, 1.82) is 0 Å². The summed E-state index contributed by atoms with van der Waals surface area (Å²) in [5.74, 6) is 0.349. The van der Waals surface area contributed by atoms with E-state index in [1.54, 1.807) is 25.3 Å². The highest BCUT2D eigenvalue weighted by atomic mass is 19.1. The molecule has 4 rings (SSSR count). The molecule has 0 atom stereocenters. The predicted octanol–water partition coefficient (Wildman–Crippen LogP) is 3.29. The summed E-state index contributed by atoms with van der Waals surface area (Å²) in [6, 6.07) is 11.9. The second kappa shape index (κ2) is 6.84. The standard InChI is InChI=1S/C21H18FN5O/c1-12(23)21(13(2)28)15-5-8-18-17(10-15)24-11-20-26-25-19(27(18)20)9-14-3-6-16(22)7-4-14/h3-8,10-11H,9,23H2,1-2H3. The van der Waals surface area contributed by atoms with Gasteiger partial charge in [0.05, 0.1) is 17.2 Å². The first-order chi connectivity index (χ1) is 13.4. The molecule has 28 heavy (non-hydrogen) atoms. The maximum atomic E-state index is 13.2. The van der Waals surface area contributed by atoms with E-state index >= 15 is 0 Å². The summed E-state index contributed by atoms with van der Waals surface area (Å²) in [6.07, 6.45) is 2.14. The van der Waals surface area contributed by atoms with Crippen LogP contribution in [0.3, 0.4) is 0 Å². The first-order valence-corrected chi connectivity index (χ1v) is 8.79. The molecule has 4 aromatic rings. The van der Waals surface area contributed by atoms with Gasteiger partial charge in [0.25, 0.3) is 0 Å². The number of allylic oxidation sites excluding steroid dienone is 2. The van der Waals surface area contributed by atoms with E-state index in [4.69, 9.17) is 5.73 Å². The highest BCUT2D eigenvalue weighted by molar-refractivity contribution is 6.20. The normalized spacial score (nSPS) is 12.4. The molecule has 0 saturated carbocycles.